The Morgan fingerprint density at radius 2 is 2.10 bits per heavy atom. The number of ether oxygens (including phenoxy) is 1. The lowest BCUT2D eigenvalue weighted by Gasteiger charge is -2.41. The molecule has 1 saturated carbocycles. The number of hydrogen-bond acceptors (Lipinski definition) is 6. The minimum absolute atomic E-state index is 0.0563. The van der Waals surface area contributed by atoms with Crippen molar-refractivity contribution in [3.63, 3.8) is 0 Å². The van der Waals surface area contributed by atoms with Gasteiger partial charge in [0.25, 0.3) is 0 Å². The van der Waals surface area contributed by atoms with Crippen LogP contribution in [0.25, 0.3) is 22.0 Å². The molecule has 1 N–H and O–H groups in total. The Kier molecular flexibility index (Phi) is 6.52. The molecule has 1 aromatic heterocycles. The van der Waals surface area contributed by atoms with Gasteiger partial charge in [-0.25, -0.2) is 9.18 Å². The summed E-state index contributed by atoms with van der Waals surface area (Å²) in [6.07, 6.45) is 5.09. The van der Waals surface area contributed by atoms with Gasteiger partial charge >= 0.3 is 5.69 Å². The highest BCUT2D eigenvalue weighted by Gasteiger charge is 2.40. The summed E-state index contributed by atoms with van der Waals surface area (Å²) in [7, 11) is 0. The molecule has 0 spiro atoms. The van der Waals surface area contributed by atoms with Crippen molar-refractivity contribution in [3.8, 4) is 22.6 Å². The van der Waals surface area contributed by atoms with Crippen LogP contribution in [0.4, 0.5) is 10.2 Å². The smallest absolute Gasteiger partial charge is 0.350 e. The first-order valence-electron chi connectivity index (χ1n) is 13.7. The first-order valence-corrected chi connectivity index (χ1v) is 14.1. The molecule has 1 saturated heterocycles. The van der Waals surface area contributed by atoms with Crippen molar-refractivity contribution >= 4 is 34.2 Å². The highest BCUT2D eigenvalue weighted by Crippen LogP contribution is 2.50. The topological polar surface area (TPSA) is 87.9 Å². The highest BCUT2D eigenvalue weighted by molar-refractivity contribution is 6.36. The molecule has 3 heterocycles. The molecule has 1 amide bonds. The van der Waals surface area contributed by atoms with Crippen molar-refractivity contribution in [2.45, 2.75) is 51.6 Å². The van der Waals surface area contributed by atoms with Crippen LogP contribution >= 0.6 is 11.6 Å². The summed E-state index contributed by atoms with van der Waals surface area (Å²) in [5.41, 5.74) is 0.140. The van der Waals surface area contributed by atoms with E-state index in [1.54, 1.807) is 15.5 Å². The summed E-state index contributed by atoms with van der Waals surface area (Å²) in [5, 5.41) is 11.4. The number of phenolic OH excluding ortho intramolecular Hbond substituents is 1. The summed E-state index contributed by atoms with van der Waals surface area (Å²) in [5.74, 6) is -0.347. The number of anilines is 1. The maximum atomic E-state index is 15.2. The largest absolute Gasteiger partial charge is 0.507 e. The van der Waals surface area contributed by atoms with Gasteiger partial charge in [0, 0.05) is 31.2 Å². The number of halogens is 2. The molecule has 3 aromatic rings. The van der Waals surface area contributed by atoms with Gasteiger partial charge in [0.2, 0.25) is 5.91 Å². The molecule has 40 heavy (non-hydrogen) atoms. The van der Waals surface area contributed by atoms with Crippen molar-refractivity contribution in [3.05, 3.63) is 58.2 Å². The number of benzene rings is 2. The van der Waals surface area contributed by atoms with Crippen LogP contribution in [0.3, 0.4) is 0 Å². The van der Waals surface area contributed by atoms with E-state index in [0.717, 1.165) is 25.7 Å². The predicted octanol–water partition coefficient (Wildman–Crippen LogP) is 5.30. The molecule has 6 rings (SSSR count). The average molecular weight is 567 g/mol. The first-order chi connectivity index (χ1) is 19.1. The van der Waals surface area contributed by atoms with Gasteiger partial charge in [-0.3, -0.25) is 9.36 Å². The zero-order chi connectivity index (χ0) is 28.3. The van der Waals surface area contributed by atoms with Crippen molar-refractivity contribution < 1.29 is 19.0 Å². The lowest BCUT2D eigenvalue weighted by Crippen LogP contribution is -2.56. The number of fused-ring (bicyclic) bond motifs is 2. The van der Waals surface area contributed by atoms with Gasteiger partial charge in [0.1, 0.15) is 24.0 Å². The number of carbonyl (C=O) groups is 1. The Morgan fingerprint density at radius 3 is 2.83 bits per heavy atom. The zero-order valence-corrected chi connectivity index (χ0v) is 23.4. The molecule has 210 valence electrons. The van der Waals surface area contributed by atoms with Gasteiger partial charge in [-0.2, -0.15) is 4.98 Å². The Hall–Kier alpha value is -3.59. The van der Waals surface area contributed by atoms with E-state index in [-0.39, 0.29) is 57.7 Å². The molecule has 2 fully saturated rings. The van der Waals surface area contributed by atoms with Crippen LogP contribution in [0.5, 0.6) is 11.5 Å². The third-order valence-corrected chi connectivity index (χ3v) is 9.15. The Morgan fingerprint density at radius 1 is 1.30 bits per heavy atom. The van der Waals surface area contributed by atoms with E-state index in [1.807, 2.05) is 4.90 Å². The maximum Gasteiger partial charge on any atom is 0.350 e. The molecule has 1 aliphatic carbocycles. The second-order valence-electron chi connectivity index (χ2n) is 11.6. The van der Waals surface area contributed by atoms with E-state index in [0.29, 0.717) is 36.4 Å². The number of piperazine rings is 1. The third kappa shape index (κ3) is 4.13. The SMILES string of the molecule is C=CC(=O)N1CCN2c3nc(=O)n(C4CCCCC4(C)C)c4cc(-c5c(O)cccc5F)c(Cl)c(c34)OCC2C1. The first kappa shape index (κ1) is 26.6. The molecule has 0 radical (unpaired) electrons. The van der Waals surface area contributed by atoms with E-state index >= 15 is 4.39 Å². The fourth-order valence-electron chi connectivity index (χ4n) is 6.68. The van der Waals surface area contributed by atoms with Crippen LogP contribution in [0.15, 0.2) is 41.7 Å². The van der Waals surface area contributed by atoms with Crippen LogP contribution in [0.2, 0.25) is 5.02 Å². The second kappa shape index (κ2) is 9.80. The van der Waals surface area contributed by atoms with E-state index in [2.05, 4.69) is 25.4 Å². The van der Waals surface area contributed by atoms with Crippen molar-refractivity contribution in [2.75, 3.05) is 31.1 Å². The Balaban J connectivity index is 1.65. The summed E-state index contributed by atoms with van der Waals surface area (Å²) in [4.78, 5) is 34.7. The fraction of sp³-hybridized carbons (Fsp3) is 0.433. The number of aromatic hydroxyl groups is 1. The fourth-order valence-corrected chi connectivity index (χ4v) is 6.97. The van der Waals surface area contributed by atoms with Gasteiger partial charge in [-0.15, -0.1) is 0 Å². The summed E-state index contributed by atoms with van der Waals surface area (Å²) < 4.78 is 23.3. The quantitative estimate of drug-likeness (QED) is 0.433. The average Bonchev–Trinajstić information content (AvgIpc) is 3.08. The van der Waals surface area contributed by atoms with E-state index in [1.165, 1.54) is 24.3 Å². The molecular weight excluding hydrogens is 535 g/mol. The molecule has 2 aliphatic heterocycles. The van der Waals surface area contributed by atoms with Crippen LogP contribution < -0.4 is 15.3 Å². The molecule has 2 atom stereocenters. The highest BCUT2D eigenvalue weighted by atomic mass is 35.5. The summed E-state index contributed by atoms with van der Waals surface area (Å²) in [6.45, 7) is 9.33. The van der Waals surface area contributed by atoms with Crippen LogP contribution in [0, 0.1) is 11.2 Å². The normalized spacial score (nSPS) is 21.9. The van der Waals surface area contributed by atoms with Crippen molar-refractivity contribution in [1.82, 2.24) is 14.5 Å². The molecule has 0 bridgehead atoms. The minimum atomic E-state index is -0.640. The second-order valence-corrected chi connectivity index (χ2v) is 12.0. The van der Waals surface area contributed by atoms with Crippen molar-refractivity contribution in [1.29, 1.82) is 0 Å². The molecule has 2 aromatic carbocycles. The molecule has 3 aliphatic rings. The van der Waals surface area contributed by atoms with E-state index in [9.17, 15) is 14.7 Å². The van der Waals surface area contributed by atoms with Crippen LogP contribution in [-0.2, 0) is 4.79 Å². The monoisotopic (exact) mass is 566 g/mol. The maximum absolute atomic E-state index is 15.2. The number of amides is 1. The lowest BCUT2D eigenvalue weighted by molar-refractivity contribution is -0.126. The van der Waals surface area contributed by atoms with Gasteiger partial charge < -0.3 is 19.6 Å². The number of carbonyl (C=O) groups excluding carboxylic acids is 1. The Labute approximate surface area is 236 Å². The number of aromatic nitrogens is 2. The molecular formula is C30H32ClFN4O4. The van der Waals surface area contributed by atoms with E-state index in [4.69, 9.17) is 16.3 Å². The number of phenols is 1. The van der Waals surface area contributed by atoms with Crippen LogP contribution in [-0.4, -0.2) is 57.7 Å². The summed E-state index contributed by atoms with van der Waals surface area (Å²) in [6, 6.07) is 5.34. The number of hydrogen-bond donors (Lipinski definition) is 1. The Bertz CT molecular complexity index is 1580. The minimum Gasteiger partial charge on any atom is -0.507 e. The van der Waals surface area contributed by atoms with Gasteiger partial charge in [-0.05, 0) is 42.5 Å². The van der Waals surface area contributed by atoms with E-state index < -0.39 is 11.5 Å². The molecule has 2 unspecified atom stereocenters. The number of nitrogens with zero attached hydrogens (tertiary/aromatic N) is 4. The third-order valence-electron chi connectivity index (χ3n) is 8.78. The van der Waals surface area contributed by atoms with Gasteiger partial charge in [0.05, 0.1) is 27.5 Å². The lowest BCUT2D eigenvalue weighted by atomic mass is 9.73. The molecule has 8 nitrogen and oxygen atoms in total. The predicted molar refractivity (Wildman–Crippen MR) is 153 cm³/mol. The zero-order valence-electron chi connectivity index (χ0n) is 22.6. The van der Waals surface area contributed by atoms with Gasteiger partial charge in [-0.1, -0.05) is 50.9 Å². The van der Waals surface area contributed by atoms with Gasteiger partial charge in [0.15, 0.2) is 5.75 Å². The van der Waals surface area contributed by atoms with Crippen molar-refractivity contribution in [2.24, 2.45) is 5.41 Å². The standard InChI is InChI=1S/C30H32ClFN4O4/c1-4-23(38)34-12-13-35-17(15-34)16-40-27-25-20(14-18(26(27)31)24-19(32)8-7-9-21(24)37)36(29(39)33-28(25)35)22-10-5-6-11-30(22,2)3/h4,7-9,14,17,22,37H,1,5-6,10-13,15-16H2,2-3H3. The summed E-state index contributed by atoms with van der Waals surface area (Å²) >= 11 is 6.96. The van der Waals surface area contributed by atoms with Crippen LogP contribution in [0.1, 0.15) is 45.6 Å². The number of rotatable bonds is 3. The molecule has 10 heteroatoms.